The number of aromatic nitrogens is 1. The number of amides is 2. The molecule has 1 aromatic carbocycles. The van der Waals surface area contributed by atoms with E-state index in [-0.39, 0.29) is 24.3 Å². The summed E-state index contributed by atoms with van der Waals surface area (Å²) in [6.45, 7) is 0. The number of fused-ring (bicyclic) bond motifs is 2. The van der Waals surface area contributed by atoms with Gasteiger partial charge < -0.3 is 10.6 Å². The van der Waals surface area contributed by atoms with Crippen LogP contribution in [0.25, 0.3) is 0 Å². The number of nitrogens with zero attached hydrogens (tertiary/aromatic N) is 1. The summed E-state index contributed by atoms with van der Waals surface area (Å²) in [5.74, 6) is -0.145. The van der Waals surface area contributed by atoms with Crippen LogP contribution in [0.2, 0.25) is 0 Å². The Morgan fingerprint density at radius 2 is 2.32 bits per heavy atom. The lowest BCUT2D eigenvalue weighted by Crippen LogP contribution is -2.38. The predicted molar refractivity (Wildman–Crippen MR) is 84.2 cm³/mol. The van der Waals surface area contributed by atoms with Gasteiger partial charge in [0.2, 0.25) is 5.91 Å². The van der Waals surface area contributed by atoms with Crippen LogP contribution in [0.1, 0.15) is 32.9 Å². The van der Waals surface area contributed by atoms with Crippen molar-refractivity contribution in [2.75, 3.05) is 5.32 Å². The standard InChI is InChI=1S/C16H15N3O2S/c20-15-7-11-10(2-1-3-12(11)19-15)16(21)18-9-4-5-13-14(6-9)22-8-17-13/h1-3,8-9H,4-7H2,(H,18,21)(H,19,20)/t9-/m0/s1. The van der Waals surface area contributed by atoms with Crippen molar-refractivity contribution in [3.05, 3.63) is 45.4 Å². The summed E-state index contributed by atoms with van der Waals surface area (Å²) in [4.78, 5) is 29.7. The summed E-state index contributed by atoms with van der Waals surface area (Å²) >= 11 is 1.66. The normalized spacial score (nSPS) is 19.3. The highest BCUT2D eigenvalue weighted by Gasteiger charge is 2.26. The first-order valence-corrected chi connectivity index (χ1v) is 8.22. The summed E-state index contributed by atoms with van der Waals surface area (Å²) in [5.41, 5.74) is 5.21. The quantitative estimate of drug-likeness (QED) is 0.890. The molecule has 22 heavy (non-hydrogen) atoms. The number of nitrogens with one attached hydrogen (secondary N) is 2. The van der Waals surface area contributed by atoms with Gasteiger partial charge in [-0.1, -0.05) is 6.07 Å². The Morgan fingerprint density at radius 3 is 3.23 bits per heavy atom. The summed E-state index contributed by atoms with van der Waals surface area (Å²) in [5, 5.41) is 5.89. The van der Waals surface area contributed by atoms with Gasteiger partial charge in [-0.15, -0.1) is 11.3 Å². The van der Waals surface area contributed by atoms with E-state index in [9.17, 15) is 9.59 Å². The molecule has 1 aliphatic heterocycles. The van der Waals surface area contributed by atoms with Gasteiger partial charge in [0.05, 0.1) is 17.6 Å². The van der Waals surface area contributed by atoms with Crippen LogP contribution in [0, 0.1) is 0 Å². The molecule has 6 heteroatoms. The van der Waals surface area contributed by atoms with Crippen molar-refractivity contribution in [2.45, 2.75) is 31.7 Å². The monoisotopic (exact) mass is 313 g/mol. The third-order valence-corrected chi connectivity index (χ3v) is 5.15. The third-order valence-electron chi connectivity index (χ3n) is 4.25. The van der Waals surface area contributed by atoms with Gasteiger partial charge >= 0.3 is 0 Å². The second-order valence-electron chi connectivity index (χ2n) is 5.69. The van der Waals surface area contributed by atoms with E-state index in [1.807, 2.05) is 17.6 Å². The molecule has 0 unspecified atom stereocenters. The minimum atomic E-state index is -0.0914. The Balaban J connectivity index is 1.52. The molecule has 0 spiro atoms. The molecular formula is C16H15N3O2S. The molecule has 2 aliphatic rings. The summed E-state index contributed by atoms with van der Waals surface area (Å²) < 4.78 is 0. The van der Waals surface area contributed by atoms with Crippen molar-refractivity contribution >= 4 is 28.8 Å². The Bertz CT molecular complexity index is 769. The molecule has 2 aromatic rings. The molecule has 0 bridgehead atoms. The van der Waals surface area contributed by atoms with Gasteiger partial charge in [-0.2, -0.15) is 0 Å². The van der Waals surface area contributed by atoms with Crippen molar-refractivity contribution in [3.8, 4) is 0 Å². The highest BCUT2D eigenvalue weighted by molar-refractivity contribution is 7.09. The van der Waals surface area contributed by atoms with E-state index in [0.717, 1.165) is 30.5 Å². The third kappa shape index (κ3) is 2.29. The van der Waals surface area contributed by atoms with Crippen LogP contribution in [-0.4, -0.2) is 22.8 Å². The molecule has 0 radical (unpaired) electrons. The maximum absolute atomic E-state index is 12.6. The van der Waals surface area contributed by atoms with Crippen LogP contribution < -0.4 is 10.6 Å². The molecule has 5 nitrogen and oxygen atoms in total. The first kappa shape index (κ1) is 13.5. The fourth-order valence-electron chi connectivity index (χ4n) is 3.15. The van der Waals surface area contributed by atoms with E-state index in [4.69, 9.17) is 0 Å². The average molecular weight is 313 g/mol. The lowest BCUT2D eigenvalue weighted by Gasteiger charge is -2.23. The zero-order chi connectivity index (χ0) is 15.1. The van der Waals surface area contributed by atoms with Crippen molar-refractivity contribution in [2.24, 2.45) is 0 Å². The topological polar surface area (TPSA) is 71.1 Å². The molecule has 0 saturated carbocycles. The van der Waals surface area contributed by atoms with Crippen LogP contribution in [-0.2, 0) is 24.1 Å². The molecule has 0 saturated heterocycles. The largest absolute Gasteiger partial charge is 0.349 e. The molecular weight excluding hydrogens is 298 g/mol. The van der Waals surface area contributed by atoms with Crippen molar-refractivity contribution in [3.63, 3.8) is 0 Å². The number of rotatable bonds is 2. The maximum atomic E-state index is 12.6. The second kappa shape index (κ2) is 5.21. The zero-order valence-corrected chi connectivity index (χ0v) is 12.7. The van der Waals surface area contributed by atoms with Gasteiger partial charge in [-0.3, -0.25) is 9.59 Å². The van der Waals surface area contributed by atoms with Gasteiger partial charge in [0, 0.05) is 28.6 Å². The van der Waals surface area contributed by atoms with Crippen molar-refractivity contribution < 1.29 is 9.59 Å². The molecule has 2 amide bonds. The van der Waals surface area contributed by atoms with E-state index in [1.165, 1.54) is 10.6 Å². The number of carbonyl (C=O) groups is 2. The Labute approximate surface area is 131 Å². The molecule has 1 aromatic heterocycles. The summed E-state index contributed by atoms with van der Waals surface area (Å²) in [6.07, 6.45) is 2.95. The number of benzene rings is 1. The molecule has 112 valence electrons. The maximum Gasteiger partial charge on any atom is 0.251 e. The smallest absolute Gasteiger partial charge is 0.251 e. The van der Waals surface area contributed by atoms with E-state index in [1.54, 1.807) is 17.4 Å². The van der Waals surface area contributed by atoms with Crippen molar-refractivity contribution in [1.82, 2.24) is 10.3 Å². The SMILES string of the molecule is O=C1Cc2c(cccc2C(=O)N[C@H]2CCc3ncsc3C2)N1. The van der Waals surface area contributed by atoms with Crippen molar-refractivity contribution in [1.29, 1.82) is 0 Å². The van der Waals surface area contributed by atoms with Crippen LogP contribution >= 0.6 is 11.3 Å². The first-order valence-electron chi connectivity index (χ1n) is 7.34. The highest BCUT2D eigenvalue weighted by Crippen LogP contribution is 2.27. The van der Waals surface area contributed by atoms with Crippen LogP contribution in [0.3, 0.4) is 0 Å². The molecule has 1 atom stereocenters. The number of aryl methyl sites for hydroxylation is 1. The zero-order valence-electron chi connectivity index (χ0n) is 11.9. The highest BCUT2D eigenvalue weighted by atomic mass is 32.1. The Kier molecular flexibility index (Phi) is 3.18. The number of hydrogen-bond acceptors (Lipinski definition) is 4. The number of hydrogen-bond donors (Lipinski definition) is 2. The van der Waals surface area contributed by atoms with E-state index < -0.39 is 0 Å². The van der Waals surface area contributed by atoms with Gasteiger partial charge in [0.15, 0.2) is 0 Å². The van der Waals surface area contributed by atoms with Gasteiger partial charge in [-0.25, -0.2) is 4.98 Å². The molecule has 4 rings (SSSR count). The molecule has 2 heterocycles. The van der Waals surface area contributed by atoms with Crippen LogP contribution in [0.5, 0.6) is 0 Å². The van der Waals surface area contributed by atoms with Crippen LogP contribution in [0.4, 0.5) is 5.69 Å². The fourth-order valence-corrected chi connectivity index (χ4v) is 4.04. The van der Waals surface area contributed by atoms with Gasteiger partial charge in [0.25, 0.3) is 5.91 Å². The fraction of sp³-hybridized carbons (Fsp3) is 0.312. The number of carbonyl (C=O) groups excluding carboxylic acids is 2. The van der Waals surface area contributed by atoms with Gasteiger partial charge in [-0.05, 0) is 30.5 Å². The van der Waals surface area contributed by atoms with E-state index in [0.29, 0.717) is 5.56 Å². The molecule has 1 aliphatic carbocycles. The van der Waals surface area contributed by atoms with Crippen LogP contribution in [0.15, 0.2) is 23.7 Å². The second-order valence-corrected chi connectivity index (χ2v) is 6.63. The molecule has 0 fully saturated rings. The van der Waals surface area contributed by atoms with E-state index in [2.05, 4.69) is 15.6 Å². The minimum Gasteiger partial charge on any atom is -0.349 e. The predicted octanol–water partition coefficient (Wildman–Crippen LogP) is 1.93. The first-order chi connectivity index (χ1) is 10.7. The minimum absolute atomic E-state index is 0.0535. The molecule has 2 N–H and O–H groups in total. The van der Waals surface area contributed by atoms with E-state index >= 15 is 0 Å². The number of anilines is 1. The lowest BCUT2D eigenvalue weighted by atomic mass is 9.96. The Hall–Kier alpha value is -2.21. The summed E-state index contributed by atoms with van der Waals surface area (Å²) in [6, 6.07) is 5.57. The number of thiazole rings is 1. The average Bonchev–Trinajstić information content (AvgIpc) is 3.10. The summed E-state index contributed by atoms with van der Waals surface area (Å²) in [7, 11) is 0. The Morgan fingerprint density at radius 1 is 1.41 bits per heavy atom. The van der Waals surface area contributed by atoms with Gasteiger partial charge in [0.1, 0.15) is 0 Å². The lowest BCUT2D eigenvalue weighted by molar-refractivity contribution is -0.115.